The minimum atomic E-state index is -3.42. The van der Waals surface area contributed by atoms with E-state index in [9.17, 15) is 13.2 Å². The number of aromatic nitrogens is 1. The number of anilines is 1. The molecule has 9 heteroatoms. The minimum Gasteiger partial charge on any atom is -0.383 e. The third-order valence-corrected chi connectivity index (χ3v) is 6.69. The SMILES string of the molecule is CS(=O)(=O)N(CC(=O)NCCNc1ccnc2cc(Cl)ccc12)C1CCCCC1. The summed E-state index contributed by atoms with van der Waals surface area (Å²) >= 11 is 6.01. The van der Waals surface area contributed by atoms with E-state index in [1.165, 1.54) is 10.6 Å². The van der Waals surface area contributed by atoms with Crippen LogP contribution in [0.5, 0.6) is 0 Å². The van der Waals surface area contributed by atoms with Crippen molar-refractivity contribution in [2.75, 3.05) is 31.2 Å². The monoisotopic (exact) mass is 438 g/mol. The first-order valence-electron chi connectivity index (χ1n) is 9.86. The zero-order chi connectivity index (χ0) is 20.9. The average molecular weight is 439 g/mol. The molecule has 2 aromatic rings. The largest absolute Gasteiger partial charge is 0.383 e. The molecule has 1 fully saturated rings. The van der Waals surface area contributed by atoms with Crippen LogP contribution in [0.1, 0.15) is 32.1 Å². The van der Waals surface area contributed by atoms with E-state index in [4.69, 9.17) is 11.6 Å². The average Bonchev–Trinajstić information content (AvgIpc) is 2.69. The second-order valence-electron chi connectivity index (χ2n) is 7.40. The zero-order valence-electron chi connectivity index (χ0n) is 16.5. The van der Waals surface area contributed by atoms with Crippen LogP contribution in [-0.2, 0) is 14.8 Å². The molecule has 1 aliphatic carbocycles. The molecular formula is C20H27ClN4O3S. The molecule has 0 aliphatic heterocycles. The predicted molar refractivity (Wildman–Crippen MR) is 117 cm³/mol. The number of halogens is 1. The van der Waals surface area contributed by atoms with E-state index >= 15 is 0 Å². The molecule has 1 saturated carbocycles. The van der Waals surface area contributed by atoms with Crippen LogP contribution in [0.15, 0.2) is 30.5 Å². The molecule has 7 nitrogen and oxygen atoms in total. The van der Waals surface area contributed by atoms with Crippen molar-refractivity contribution in [3.63, 3.8) is 0 Å². The van der Waals surface area contributed by atoms with Crippen LogP contribution in [-0.4, -0.2) is 55.5 Å². The number of benzene rings is 1. The number of sulfonamides is 1. The van der Waals surface area contributed by atoms with Crippen LogP contribution in [0.25, 0.3) is 10.9 Å². The molecule has 2 N–H and O–H groups in total. The molecule has 1 amide bonds. The summed E-state index contributed by atoms with van der Waals surface area (Å²) in [5.41, 5.74) is 1.70. The molecule has 0 bridgehead atoms. The molecule has 0 spiro atoms. The number of nitrogens with one attached hydrogen (secondary N) is 2. The Bertz CT molecular complexity index is 961. The minimum absolute atomic E-state index is 0.0716. The molecule has 3 rings (SSSR count). The lowest BCUT2D eigenvalue weighted by Crippen LogP contribution is -2.47. The van der Waals surface area contributed by atoms with Gasteiger partial charge in [0.2, 0.25) is 15.9 Å². The highest BCUT2D eigenvalue weighted by Gasteiger charge is 2.29. The Morgan fingerprint density at radius 1 is 1.21 bits per heavy atom. The van der Waals surface area contributed by atoms with E-state index < -0.39 is 10.0 Å². The molecule has 0 radical (unpaired) electrons. The molecule has 0 saturated heterocycles. The molecule has 158 valence electrons. The predicted octanol–water partition coefficient (Wildman–Crippen LogP) is 3.01. The van der Waals surface area contributed by atoms with Gasteiger partial charge in [0.05, 0.1) is 18.3 Å². The fraction of sp³-hybridized carbons (Fsp3) is 0.500. The third kappa shape index (κ3) is 6.04. The van der Waals surface area contributed by atoms with Gasteiger partial charge < -0.3 is 10.6 Å². The van der Waals surface area contributed by atoms with Crippen molar-refractivity contribution in [2.45, 2.75) is 38.1 Å². The molecule has 0 unspecified atom stereocenters. The van der Waals surface area contributed by atoms with E-state index in [0.29, 0.717) is 18.1 Å². The fourth-order valence-electron chi connectivity index (χ4n) is 3.76. The summed E-state index contributed by atoms with van der Waals surface area (Å²) in [6.07, 6.45) is 7.66. The lowest BCUT2D eigenvalue weighted by Gasteiger charge is -2.31. The van der Waals surface area contributed by atoms with Gasteiger partial charge >= 0.3 is 0 Å². The topological polar surface area (TPSA) is 91.4 Å². The zero-order valence-corrected chi connectivity index (χ0v) is 18.1. The van der Waals surface area contributed by atoms with Gasteiger partial charge in [-0.3, -0.25) is 9.78 Å². The van der Waals surface area contributed by atoms with Gasteiger partial charge in [-0.05, 0) is 37.1 Å². The van der Waals surface area contributed by atoms with Crippen LogP contribution >= 0.6 is 11.6 Å². The van der Waals surface area contributed by atoms with Gasteiger partial charge in [0, 0.05) is 41.4 Å². The van der Waals surface area contributed by atoms with Gasteiger partial charge in [-0.25, -0.2) is 8.42 Å². The summed E-state index contributed by atoms with van der Waals surface area (Å²) in [6.45, 7) is 0.772. The maximum absolute atomic E-state index is 12.3. The van der Waals surface area contributed by atoms with Crippen molar-refractivity contribution >= 4 is 44.1 Å². The first-order chi connectivity index (χ1) is 13.8. The van der Waals surface area contributed by atoms with Crippen LogP contribution in [0.3, 0.4) is 0 Å². The Balaban J connectivity index is 1.52. The highest BCUT2D eigenvalue weighted by molar-refractivity contribution is 7.88. The molecular weight excluding hydrogens is 412 g/mol. The summed E-state index contributed by atoms with van der Waals surface area (Å²) in [7, 11) is -3.42. The quantitative estimate of drug-likeness (QED) is 0.618. The summed E-state index contributed by atoms with van der Waals surface area (Å²) in [5, 5.41) is 7.66. The first kappa shape index (κ1) is 21.8. The van der Waals surface area contributed by atoms with E-state index in [1.807, 2.05) is 18.2 Å². The van der Waals surface area contributed by atoms with Gasteiger partial charge in [0.15, 0.2) is 0 Å². The number of nitrogens with zero attached hydrogens (tertiary/aromatic N) is 2. The number of amides is 1. The Labute approximate surface area is 176 Å². The Hall–Kier alpha value is -1.90. The van der Waals surface area contributed by atoms with Crippen molar-refractivity contribution in [1.82, 2.24) is 14.6 Å². The van der Waals surface area contributed by atoms with Gasteiger partial charge in [0.1, 0.15) is 0 Å². The standard InChI is InChI=1S/C20H27ClN4O3S/c1-29(27,28)25(16-5-3-2-4-6-16)14-20(26)24-12-11-23-18-9-10-22-19-13-15(21)7-8-17(18)19/h7-10,13,16H,2-6,11-12,14H2,1H3,(H,22,23)(H,24,26). The maximum Gasteiger partial charge on any atom is 0.235 e. The number of carbonyl (C=O) groups is 1. The van der Waals surface area contributed by atoms with Crippen molar-refractivity contribution < 1.29 is 13.2 Å². The second-order valence-corrected chi connectivity index (χ2v) is 9.77. The number of rotatable bonds is 8. The molecule has 0 atom stereocenters. The van der Waals surface area contributed by atoms with Gasteiger partial charge in [-0.1, -0.05) is 30.9 Å². The Morgan fingerprint density at radius 2 is 1.97 bits per heavy atom. The van der Waals surface area contributed by atoms with Crippen LogP contribution < -0.4 is 10.6 Å². The van der Waals surface area contributed by atoms with E-state index in [1.54, 1.807) is 12.3 Å². The number of fused-ring (bicyclic) bond motifs is 1. The van der Waals surface area contributed by atoms with Crippen LogP contribution in [0, 0.1) is 0 Å². The molecule has 1 aromatic carbocycles. The van der Waals surface area contributed by atoms with Gasteiger partial charge in [-0.2, -0.15) is 4.31 Å². The number of carbonyl (C=O) groups excluding carboxylic acids is 1. The third-order valence-electron chi connectivity index (χ3n) is 5.17. The summed E-state index contributed by atoms with van der Waals surface area (Å²) in [4.78, 5) is 16.6. The van der Waals surface area contributed by atoms with Crippen LogP contribution in [0.2, 0.25) is 5.02 Å². The van der Waals surface area contributed by atoms with Crippen molar-refractivity contribution in [3.05, 3.63) is 35.5 Å². The lowest BCUT2D eigenvalue weighted by atomic mass is 9.95. The van der Waals surface area contributed by atoms with E-state index in [2.05, 4.69) is 15.6 Å². The van der Waals surface area contributed by atoms with E-state index in [-0.39, 0.29) is 18.5 Å². The van der Waals surface area contributed by atoms with Crippen LogP contribution in [0.4, 0.5) is 5.69 Å². The number of hydrogen-bond donors (Lipinski definition) is 2. The highest BCUT2D eigenvalue weighted by atomic mass is 35.5. The number of hydrogen-bond acceptors (Lipinski definition) is 5. The van der Waals surface area contributed by atoms with Crippen molar-refractivity contribution in [1.29, 1.82) is 0 Å². The first-order valence-corrected chi connectivity index (χ1v) is 12.1. The van der Waals surface area contributed by atoms with Crippen molar-refractivity contribution in [3.8, 4) is 0 Å². The molecule has 29 heavy (non-hydrogen) atoms. The lowest BCUT2D eigenvalue weighted by molar-refractivity contribution is -0.121. The smallest absolute Gasteiger partial charge is 0.235 e. The number of pyridine rings is 1. The Kier molecular flexibility index (Phi) is 7.32. The van der Waals surface area contributed by atoms with Gasteiger partial charge in [-0.15, -0.1) is 0 Å². The molecule has 1 aromatic heterocycles. The maximum atomic E-state index is 12.3. The molecule has 1 aliphatic rings. The second kappa shape index (κ2) is 9.73. The summed E-state index contributed by atoms with van der Waals surface area (Å²) in [6, 6.07) is 7.31. The fourth-order valence-corrected chi connectivity index (χ4v) is 5.03. The summed E-state index contributed by atoms with van der Waals surface area (Å²) in [5.74, 6) is -0.283. The Morgan fingerprint density at radius 3 is 2.69 bits per heavy atom. The van der Waals surface area contributed by atoms with Gasteiger partial charge in [0.25, 0.3) is 0 Å². The van der Waals surface area contributed by atoms with Crippen molar-refractivity contribution in [2.24, 2.45) is 0 Å². The van der Waals surface area contributed by atoms with E-state index in [0.717, 1.165) is 48.7 Å². The normalized spacial score (nSPS) is 15.6. The highest BCUT2D eigenvalue weighted by Crippen LogP contribution is 2.25. The molecule has 1 heterocycles. The summed E-state index contributed by atoms with van der Waals surface area (Å²) < 4.78 is 25.7.